The highest BCUT2D eigenvalue weighted by molar-refractivity contribution is 9.10. The van der Waals surface area contributed by atoms with E-state index in [9.17, 15) is 0 Å². The summed E-state index contributed by atoms with van der Waals surface area (Å²) < 4.78 is 6.16. The van der Waals surface area contributed by atoms with Crippen LogP contribution in [-0.2, 0) is 0 Å². The van der Waals surface area contributed by atoms with E-state index in [0.717, 1.165) is 26.5 Å². The van der Waals surface area contributed by atoms with Crippen LogP contribution in [0.15, 0.2) is 22.7 Å². The van der Waals surface area contributed by atoms with E-state index in [1.807, 2.05) is 25.1 Å². The SMILES string of the molecule is COc1ccc(-c2nc(C)c(C)s2)cc1Br. The molecule has 1 aromatic carbocycles. The third-order valence-corrected chi connectivity index (χ3v) is 4.17. The maximum absolute atomic E-state index is 5.20. The Morgan fingerprint density at radius 1 is 1.31 bits per heavy atom. The van der Waals surface area contributed by atoms with Crippen molar-refractivity contribution < 1.29 is 4.74 Å². The lowest BCUT2D eigenvalue weighted by atomic mass is 10.2. The molecule has 0 saturated carbocycles. The molecular formula is C12H12BrNOS. The van der Waals surface area contributed by atoms with Gasteiger partial charge in [0.15, 0.2) is 0 Å². The summed E-state index contributed by atoms with van der Waals surface area (Å²) in [6.45, 7) is 4.13. The van der Waals surface area contributed by atoms with Gasteiger partial charge in [0.05, 0.1) is 17.3 Å². The summed E-state index contributed by atoms with van der Waals surface area (Å²) in [6, 6.07) is 6.02. The Labute approximate surface area is 107 Å². The van der Waals surface area contributed by atoms with Gasteiger partial charge >= 0.3 is 0 Å². The molecule has 4 heteroatoms. The van der Waals surface area contributed by atoms with Crippen molar-refractivity contribution in [2.45, 2.75) is 13.8 Å². The first-order chi connectivity index (χ1) is 7.61. The van der Waals surface area contributed by atoms with Gasteiger partial charge in [-0.05, 0) is 48.0 Å². The zero-order chi connectivity index (χ0) is 11.7. The minimum atomic E-state index is 0.841. The maximum atomic E-state index is 5.20. The molecule has 0 radical (unpaired) electrons. The fourth-order valence-electron chi connectivity index (χ4n) is 1.40. The average Bonchev–Trinajstić information content (AvgIpc) is 2.59. The molecule has 0 aliphatic carbocycles. The predicted octanol–water partition coefficient (Wildman–Crippen LogP) is 4.20. The van der Waals surface area contributed by atoms with E-state index in [4.69, 9.17) is 4.74 Å². The molecule has 0 aliphatic heterocycles. The van der Waals surface area contributed by atoms with Gasteiger partial charge in [0.25, 0.3) is 0 Å². The molecule has 2 rings (SSSR count). The van der Waals surface area contributed by atoms with E-state index in [0.29, 0.717) is 0 Å². The van der Waals surface area contributed by atoms with E-state index < -0.39 is 0 Å². The van der Waals surface area contributed by atoms with Crippen LogP contribution in [0.1, 0.15) is 10.6 Å². The molecule has 0 aliphatic rings. The van der Waals surface area contributed by atoms with Crippen LogP contribution in [0.3, 0.4) is 0 Å². The van der Waals surface area contributed by atoms with E-state index in [1.54, 1.807) is 18.4 Å². The van der Waals surface area contributed by atoms with Crippen molar-refractivity contribution in [1.29, 1.82) is 0 Å². The lowest BCUT2D eigenvalue weighted by Crippen LogP contribution is -1.85. The molecule has 0 atom stereocenters. The highest BCUT2D eigenvalue weighted by atomic mass is 79.9. The highest BCUT2D eigenvalue weighted by Gasteiger charge is 2.08. The third-order valence-electron chi connectivity index (χ3n) is 2.43. The lowest BCUT2D eigenvalue weighted by Gasteiger charge is -2.04. The van der Waals surface area contributed by atoms with Crippen molar-refractivity contribution >= 4 is 27.3 Å². The molecule has 2 nitrogen and oxygen atoms in total. The molecule has 0 unspecified atom stereocenters. The monoisotopic (exact) mass is 297 g/mol. The molecule has 0 saturated heterocycles. The third kappa shape index (κ3) is 2.13. The number of methoxy groups -OCH3 is 1. The van der Waals surface area contributed by atoms with Crippen LogP contribution < -0.4 is 4.74 Å². The number of nitrogens with zero attached hydrogens (tertiary/aromatic N) is 1. The Morgan fingerprint density at radius 3 is 2.56 bits per heavy atom. The second kappa shape index (κ2) is 4.55. The number of hydrogen-bond donors (Lipinski definition) is 0. The van der Waals surface area contributed by atoms with Crippen LogP contribution in [0.4, 0.5) is 0 Å². The molecular weight excluding hydrogens is 286 g/mol. The first kappa shape index (κ1) is 11.6. The fourth-order valence-corrected chi connectivity index (χ4v) is 2.85. The summed E-state index contributed by atoms with van der Waals surface area (Å²) in [5, 5.41) is 1.05. The number of halogens is 1. The minimum Gasteiger partial charge on any atom is -0.496 e. The molecule has 1 heterocycles. The summed E-state index contributed by atoms with van der Waals surface area (Å²) in [6.07, 6.45) is 0. The van der Waals surface area contributed by atoms with Crippen LogP contribution in [0, 0.1) is 13.8 Å². The molecule has 0 N–H and O–H groups in total. The Balaban J connectivity index is 2.45. The summed E-state index contributed by atoms with van der Waals surface area (Å²) in [4.78, 5) is 5.80. The van der Waals surface area contributed by atoms with Crippen LogP contribution in [0.5, 0.6) is 5.75 Å². The first-order valence-corrected chi connectivity index (χ1v) is 6.50. The molecule has 1 aromatic heterocycles. The van der Waals surface area contributed by atoms with Gasteiger partial charge in [-0.1, -0.05) is 0 Å². The van der Waals surface area contributed by atoms with Crippen molar-refractivity contribution in [2.24, 2.45) is 0 Å². The Bertz CT molecular complexity index is 502. The smallest absolute Gasteiger partial charge is 0.133 e. The van der Waals surface area contributed by atoms with Gasteiger partial charge in [0.2, 0.25) is 0 Å². The Morgan fingerprint density at radius 2 is 2.06 bits per heavy atom. The number of aryl methyl sites for hydroxylation is 2. The Kier molecular flexibility index (Phi) is 3.30. The molecule has 0 spiro atoms. The van der Waals surface area contributed by atoms with Gasteiger partial charge in [-0.15, -0.1) is 11.3 Å². The van der Waals surface area contributed by atoms with Crippen molar-refractivity contribution in [2.75, 3.05) is 7.11 Å². The van der Waals surface area contributed by atoms with Gasteiger partial charge in [-0.2, -0.15) is 0 Å². The normalized spacial score (nSPS) is 10.5. The molecule has 0 fully saturated rings. The zero-order valence-corrected chi connectivity index (χ0v) is 11.8. The standard InChI is InChI=1S/C12H12BrNOS/c1-7-8(2)16-12(14-7)9-4-5-11(15-3)10(13)6-9/h4-6H,1-3H3. The van der Waals surface area contributed by atoms with E-state index >= 15 is 0 Å². The average molecular weight is 298 g/mol. The van der Waals surface area contributed by atoms with Gasteiger partial charge in [-0.25, -0.2) is 4.98 Å². The molecule has 16 heavy (non-hydrogen) atoms. The second-order valence-electron chi connectivity index (χ2n) is 3.51. The molecule has 84 valence electrons. The Hall–Kier alpha value is -0.870. The van der Waals surface area contributed by atoms with Crippen molar-refractivity contribution in [1.82, 2.24) is 4.98 Å². The summed E-state index contributed by atoms with van der Waals surface area (Å²) in [5.41, 5.74) is 2.22. The number of rotatable bonds is 2. The number of ether oxygens (including phenoxy) is 1. The first-order valence-electron chi connectivity index (χ1n) is 4.89. The number of thiazole rings is 1. The summed E-state index contributed by atoms with van der Waals surface area (Å²) >= 11 is 5.20. The molecule has 0 amide bonds. The van der Waals surface area contributed by atoms with Crippen LogP contribution in [0.2, 0.25) is 0 Å². The van der Waals surface area contributed by atoms with Crippen molar-refractivity contribution in [3.63, 3.8) is 0 Å². The summed E-state index contributed by atoms with van der Waals surface area (Å²) in [5.74, 6) is 0.841. The summed E-state index contributed by atoms with van der Waals surface area (Å²) in [7, 11) is 1.66. The fraction of sp³-hybridized carbons (Fsp3) is 0.250. The van der Waals surface area contributed by atoms with Gasteiger partial charge in [0, 0.05) is 10.4 Å². The van der Waals surface area contributed by atoms with E-state index in [2.05, 4.69) is 27.8 Å². The molecule has 2 aromatic rings. The zero-order valence-electron chi connectivity index (χ0n) is 9.37. The number of hydrogen-bond acceptors (Lipinski definition) is 3. The van der Waals surface area contributed by atoms with E-state index in [1.165, 1.54) is 4.88 Å². The largest absolute Gasteiger partial charge is 0.496 e. The maximum Gasteiger partial charge on any atom is 0.133 e. The van der Waals surface area contributed by atoms with Gasteiger partial charge in [-0.3, -0.25) is 0 Å². The number of aromatic nitrogens is 1. The highest BCUT2D eigenvalue weighted by Crippen LogP contribution is 2.33. The van der Waals surface area contributed by atoms with E-state index in [-0.39, 0.29) is 0 Å². The van der Waals surface area contributed by atoms with Gasteiger partial charge < -0.3 is 4.74 Å². The molecule has 0 bridgehead atoms. The van der Waals surface area contributed by atoms with Crippen LogP contribution in [0.25, 0.3) is 10.6 Å². The predicted molar refractivity (Wildman–Crippen MR) is 71.3 cm³/mol. The second-order valence-corrected chi connectivity index (χ2v) is 5.57. The topological polar surface area (TPSA) is 22.1 Å². The minimum absolute atomic E-state index is 0.841. The lowest BCUT2D eigenvalue weighted by molar-refractivity contribution is 0.412. The van der Waals surface area contributed by atoms with Crippen LogP contribution in [-0.4, -0.2) is 12.1 Å². The van der Waals surface area contributed by atoms with Crippen molar-refractivity contribution in [3.8, 4) is 16.3 Å². The quantitative estimate of drug-likeness (QED) is 0.829. The van der Waals surface area contributed by atoms with Gasteiger partial charge in [0.1, 0.15) is 10.8 Å². The number of benzene rings is 1. The van der Waals surface area contributed by atoms with Crippen molar-refractivity contribution in [3.05, 3.63) is 33.2 Å². The van der Waals surface area contributed by atoms with Crippen LogP contribution >= 0.6 is 27.3 Å².